The van der Waals surface area contributed by atoms with E-state index in [-0.39, 0.29) is 5.78 Å². The number of ketones is 1. The number of hydrogen-bond donors (Lipinski definition) is 0. The summed E-state index contributed by atoms with van der Waals surface area (Å²) in [4.78, 5) is 10.7. The molecule has 0 N–H and O–H groups in total. The van der Waals surface area contributed by atoms with Crippen LogP contribution in [0, 0.1) is 0 Å². The van der Waals surface area contributed by atoms with Crippen molar-refractivity contribution in [3.8, 4) is 0 Å². The molecule has 0 spiro atoms. The van der Waals surface area contributed by atoms with E-state index in [2.05, 4.69) is 0 Å². The quantitative estimate of drug-likeness (QED) is 0.607. The average Bonchev–Trinajstić information content (AvgIpc) is 1.87. The van der Waals surface area contributed by atoms with Crippen LogP contribution in [0.1, 0.15) is 26.2 Å². The Hall–Kier alpha value is -0.180. The number of carbonyl (C=O) groups excluding carboxylic acids is 1. The molecule has 60 valence electrons. The molecule has 0 aromatic rings. The van der Waals surface area contributed by atoms with E-state index in [1.165, 1.54) is 0 Å². The molecule has 10 heavy (non-hydrogen) atoms. The molecule has 0 bridgehead atoms. The summed E-state index contributed by atoms with van der Waals surface area (Å²) < 4.78 is 10.5. The van der Waals surface area contributed by atoms with Gasteiger partial charge in [0.2, 0.25) is 0 Å². The van der Waals surface area contributed by atoms with Crippen molar-refractivity contribution in [3.63, 3.8) is 0 Å². The van der Waals surface area contributed by atoms with Crippen LogP contribution >= 0.6 is 0 Å². The number of hydrogen-bond acceptors (Lipinski definition) is 2. The molecule has 0 aromatic carbocycles. The van der Waals surface area contributed by atoms with Gasteiger partial charge in [-0.1, -0.05) is 6.92 Å². The van der Waals surface area contributed by atoms with Crippen molar-refractivity contribution in [2.24, 2.45) is 0 Å². The number of carbonyl (C=O) groups is 1. The second kappa shape index (κ2) is 5.59. The molecule has 1 atom stereocenters. The molecule has 0 rings (SSSR count). The molecule has 0 saturated heterocycles. The number of Topliss-reactive ketones (excluding diaryl/α,β-unsaturated/α-hetero) is 1. The largest absolute Gasteiger partial charge is 0.300 e. The summed E-state index contributed by atoms with van der Waals surface area (Å²) in [5.41, 5.74) is 0. The van der Waals surface area contributed by atoms with Gasteiger partial charge in [-0.25, -0.2) is 0 Å². The molecule has 0 aromatic heterocycles. The Morgan fingerprint density at radius 3 is 2.50 bits per heavy atom. The van der Waals surface area contributed by atoms with Crippen LogP contribution in [0.15, 0.2) is 0 Å². The Kier molecular flexibility index (Phi) is 5.49. The Bertz CT molecular complexity index is 132. The van der Waals surface area contributed by atoms with Crippen LogP contribution in [0.4, 0.5) is 0 Å². The lowest BCUT2D eigenvalue weighted by molar-refractivity contribution is -0.118. The second-order valence-corrected chi connectivity index (χ2v) is 3.83. The zero-order valence-corrected chi connectivity index (χ0v) is 7.37. The first-order chi connectivity index (χ1) is 4.66. The summed E-state index contributed by atoms with van der Waals surface area (Å²) in [6, 6.07) is 0. The van der Waals surface area contributed by atoms with Crippen molar-refractivity contribution in [3.05, 3.63) is 0 Å². The van der Waals surface area contributed by atoms with Gasteiger partial charge in [0.25, 0.3) is 0 Å². The van der Waals surface area contributed by atoms with Crippen LogP contribution in [0.3, 0.4) is 0 Å². The zero-order chi connectivity index (χ0) is 7.98. The lowest BCUT2D eigenvalue weighted by atomic mass is 10.2. The fourth-order valence-corrected chi connectivity index (χ4v) is 1.20. The van der Waals surface area contributed by atoms with Crippen molar-refractivity contribution < 1.29 is 9.00 Å². The van der Waals surface area contributed by atoms with Crippen LogP contribution < -0.4 is 0 Å². The predicted molar refractivity (Wildman–Crippen MR) is 43.5 cm³/mol. The van der Waals surface area contributed by atoms with Crippen molar-refractivity contribution in [1.82, 2.24) is 0 Å². The smallest absolute Gasteiger partial charge is 0.132 e. The van der Waals surface area contributed by atoms with Gasteiger partial charge in [0.15, 0.2) is 0 Å². The minimum Gasteiger partial charge on any atom is -0.300 e. The van der Waals surface area contributed by atoms with E-state index in [9.17, 15) is 9.00 Å². The van der Waals surface area contributed by atoms with Gasteiger partial charge in [0.05, 0.1) is 0 Å². The third-order valence-corrected chi connectivity index (χ3v) is 2.15. The van der Waals surface area contributed by atoms with Gasteiger partial charge in [0, 0.05) is 35.6 Å². The lowest BCUT2D eigenvalue weighted by Crippen LogP contribution is -1.99. The van der Waals surface area contributed by atoms with Gasteiger partial charge in [-0.05, 0) is 6.42 Å². The van der Waals surface area contributed by atoms with E-state index in [0.29, 0.717) is 18.6 Å². The van der Waals surface area contributed by atoms with E-state index in [1.54, 1.807) is 6.26 Å². The predicted octanol–water partition coefficient (Wildman–Crippen LogP) is 1.12. The van der Waals surface area contributed by atoms with Gasteiger partial charge in [-0.3, -0.25) is 9.00 Å². The summed E-state index contributed by atoms with van der Waals surface area (Å²) in [6.45, 7) is 1.85. The molecule has 0 heterocycles. The summed E-state index contributed by atoms with van der Waals surface area (Å²) in [6.07, 6.45) is 3.64. The van der Waals surface area contributed by atoms with E-state index in [4.69, 9.17) is 0 Å². The van der Waals surface area contributed by atoms with Crippen molar-refractivity contribution in [2.45, 2.75) is 26.2 Å². The fourth-order valence-electron chi connectivity index (χ4n) is 0.649. The van der Waals surface area contributed by atoms with Crippen LogP contribution in [0.2, 0.25) is 0 Å². The van der Waals surface area contributed by atoms with Crippen molar-refractivity contribution in [1.29, 1.82) is 0 Å². The van der Waals surface area contributed by atoms with Crippen molar-refractivity contribution >= 4 is 16.6 Å². The molecule has 0 amide bonds. The van der Waals surface area contributed by atoms with Gasteiger partial charge < -0.3 is 0 Å². The van der Waals surface area contributed by atoms with Crippen LogP contribution in [0.25, 0.3) is 0 Å². The minimum atomic E-state index is -0.736. The normalized spacial score (nSPS) is 13.0. The molecule has 0 saturated carbocycles. The Labute approximate surface area is 64.5 Å². The Morgan fingerprint density at radius 2 is 2.10 bits per heavy atom. The maximum Gasteiger partial charge on any atom is 0.132 e. The third-order valence-electron chi connectivity index (χ3n) is 1.28. The highest BCUT2D eigenvalue weighted by atomic mass is 32.2. The maximum atomic E-state index is 10.7. The summed E-state index contributed by atoms with van der Waals surface area (Å²) in [5, 5.41) is 0. The fraction of sp³-hybridized carbons (Fsp3) is 0.857. The topological polar surface area (TPSA) is 34.1 Å². The number of rotatable bonds is 5. The van der Waals surface area contributed by atoms with Crippen LogP contribution in [-0.2, 0) is 15.6 Å². The van der Waals surface area contributed by atoms with Crippen LogP contribution in [0.5, 0.6) is 0 Å². The van der Waals surface area contributed by atoms with Gasteiger partial charge in [-0.2, -0.15) is 0 Å². The highest BCUT2D eigenvalue weighted by Gasteiger charge is 1.97. The molecule has 0 aliphatic heterocycles. The molecule has 0 fully saturated rings. The lowest BCUT2D eigenvalue weighted by Gasteiger charge is -1.94. The zero-order valence-electron chi connectivity index (χ0n) is 6.55. The molecule has 0 aliphatic rings. The first-order valence-electron chi connectivity index (χ1n) is 3.48. The molecule has 3 heteroatoms. The van der Waals surface area contributed by atoms with E-state index in [1.807, 2.05) is 6.92 Å². The first kappa shape index (κ1) is 9.82. The standard InChI is InChI=1S/C7H14O2S/c1-3-7(8)5-4-6-10(2)9/h3-6H2,1-2H3. The molecular formula is C7H14O2S. The highest BCUT2D eigenvalue weighted by molar-refractivity contribution is 7.84. The monoisotopic (exact) mass is 162 g/mol. The van der Waals surface area contributed by atoms with Gasteiger partial charge in [0.1, 0.15) is 5.78 Å². The third kappa shape index (κ3) is 5.95. The highest BCUT2D eigenvalue weighted by Crippen LogP contribution is 1.95. The Balaban J connectivity index is 3.20. The molecular weight excluding hydrogens is 148 g/mol. The molecule has 1 unspecified atom stereocenters. The summed E-state index contributed by atoms with van der Waals surface area (Å²) in [5.74, 6) is 0.927. The second-order valence-electron chi connectivity index (χ2n) is 2.27. The molecule has 2 nitrogen and oxygen atoms in total. The average molecular weight is 162 g/mol. The first-order valence-corrected chi connectivity index (χ1v) is 5.21. The van der Waals surface area contributed by atoms with Crippen LogP contribution in [-0.4, -0.2) is 22.0 Å². The van der Waals surface area contributed by atoms with Gasteiger partial charge in [-0.15, -0.1) is 0 Å². The van der Waals surface area contributed by atoms with Crippen molar-refractivity contribution in [2.75, 3.05) is 12.0 Å². The van der Waals surface area contributed by atoms with E-state index >= 15 is 0 Å². The molecule has 0 radical (unpaired) electrons. The summed E-state index contributed by atoms with van der Waals surface area (Å²) >= 11 is 0. The van der Waals surface area contributed by atoms with Gasteiger partial charge >= 0.3 is 0 Å². The SMILES string of the molecule is CCC(=O)CCCS(C)=O. The van der Waals surface area contributed by atoms with E-state index < -0.39 is 10.8 Å². The minimum absolute atomic E-state index is 0.269. The van der Waals surface area contributed by atoms with E-state index in [0.717, 1.165) is 6.42 Å². The Morgan fingerprint density at radius 1 is 1.50 bits per heavy atom. The maximum absolute atomic E-state index is 10.7. The summed E-state index contributed by atoms with van der Waals surface area (Å²) in [7, 11) is -0.736. The molecule has 0 aliphatic carbocycles.